The van der Waals surface area contributed by atoms with Gasteiger partial charge in [-0.3, -0.25) is 0 Å². The molecule has 0 bridgehead atoms. The van der Waals surface area contributed by atoms with E-state index in [1.165, 1.54) is 25.3 Å². The second-order valence-electron chi connectivity index (χ2n) is 4.83. The number of esters is 1. The summed E-state index contributed by atoms with van der Waals surface area (Å²) < 4.78 is 31.8. The molecule has 22 heavy (non-hydrogen) atoms. The third-order valence-corrected chi connectivity index (χ3v) is 5.00. The second kappa shape index (κ2) is 8.47. The van der Waals surface area contributed by atoms with Crippen molar-refractivity contribution in [2.75, 3.05) is 13.7 Å². The molecule has 0 spiro atoms. The Morgan fingerprint density at radius 2 is 2.14 bits per heavy atom. The van der Waals surface area contributed by atoms with Gasteiger partial charge in [0, 0.05) is 12.6 Å². The van der Waals surface area contributed by atoms with Gasteiger partial charge in [0.25, 0.3) is 0 Å². The Labute approximate surface area is 136 Å². The molecule has 1 rings (SSSR count). The van der Waals surface area contributed by atoms with Gasteiger partial charge in [-0.1, -0.05) is 31.4 Å². The van der Waals surface area contributed by atoms with Crippen LogP contribution >= 0.6 is 11.6 Å². The smallest absolute Gasteiger partial charge is 0.339 e. The summed E-state index contributed by atoms with van der Waals surface area (Å²) in [5.74, 6) is -0.621. The highest BCUT2D eigenvalue weighted by molar-refractivity contribution is 7.89. The maximum Gasteiger partial charge on any atom is 0.339 e. The van der Waals surface area contributed by atoms with E-state index in [0.29, 0.717) is 6.42 Å². The van der Waals surface area contributed by atoms with Crippen LogP contribution in [0.1, 0.15) is 36.5 Å². The minimum atomic E-state index is -3.74. The first-order chi connectivity index (χ1) is 10.4. The molecule has 1 aromatic rings. The van der Waals surface area contributed by atoms with Crippen molar-refractivity contribution in [3.8, 4) is 0 Å². The lowest BCUT2D eigenvalue weighted by Crippen LogP contribution is -2.40. The molecular formula is C14H21ClN2O4S. The lowest BCUT2D eigenvalue weighted by atomic mass is 10.1. The maximum absolute atomic E-state index is 12.3. The van der Waals surface area contributed by atoms with Crippen molar-refractivity contribution in [3.05, 3.63) is 28.8 Å². The summed E-state index contributed by atoms with van der Waals surface area (Å²) in [7, 11) is -2.51. The summed E-state index contributed by atoms with van der Waals surface area (Å²) in [5, 5.41) is 0.0209. The highest BCUT2D eigenvalue weighted by atomic mass is 35.5. The normalized spacial score (nSPS) is 12.9. The number of hydrogen-bond donors (Lipinski definition) is 2. The highest BCUT2D eigenvalue weighted by Crippen LogP contribution is 2.22. The molecule has 3 N–H and O–H groups in total. The average Bonchev–Trinajstić information content (AvgIpc) is 2.50. The van der Waals surface area contributed by atoms with Crippen LogP contribution in [0, 0.1) is 0 Å². The van der Waals surface area contributed by atoms with Gasteiger partial charge in [0.15, 0.2) is 0 Å². The highest BCUT2D eigenvalue weighted by Gasteiger charge is 2.21. The summed E-state index contributed by atoms with van der Waals surface area (Å²) in [5.41, 5.74) is 5.71. The van der Waals surface area contributed by atoms with E-state index in [1.807, 2.05) is 6.92 Å². The molecule has 0 aliphatic carbocycles. The van der Waals surface area contributed by atoms with E-state index in [-0.39, 0.29) is 28.1 Å². The fourth-order valence-corrected chi connectivity index (χ4v) is 3.53. The van der Waals surface area contributed by atoms with Crippen molar-refractivity contribution >= 4 is 27.6 Å². The number of carbonyl (C=O) groups is 1. The summed E-state index contributed by atoms with van der Waals surface area (Å²) in [6.07, 6.45) is 2.50. The number of carbonyl (C=O) groups excluding carboxylic acids is 1. The van der Waals surface area contributed by atoms with Crippen LogP contribution in [0.3, 0.4) is 0 Å². The molecule has 0 aromatic heterocycles. The summed E-state index contributed by atoms with van der Waals surface area (Å²) in [4.78, 5) is 11.4. The number of benzene rings is 1. The number of nitrogens with one attached hydrogen (secondary N) is 1. The number of rotatable bonds is 8. The topological polar surface area (TPSA) is 98.5 Å². The number of halogens is 1. The van der Waals surface area contributed by atoms with Crippen LogP contribution < -0.4 is 10.5 Å². The van der Waals surface area contributed by atoms with Gasteiger partial charge in [0.1, 0.15) is 0 Å². The monoisotopic (exact) mass is 348 g/mol. The SMILES string of the molecule is CCCCC(CN)NS(=O)(=O)c1ccc(C(=O)OC)c(Cl)c1. The van der Waals surface area contributed by atoms with E-state index in [9.17, 15) is 13.2 Å². The average molecular weight is 349 g/mol. The van der Waals surface area contributed by atoms with Crippen molar-refractivity contribution in [1.82, 2.24) is 4.72 Å². The van der Waals surface area contributed by atoms with Crippen LogP contribution in [0.4, 0.5) is 0 Å². The number of ether oxygens (including phenoxy) is 1. The summed E-state index contributed by atoms with van der Waals surface area (Å²) in [6.45, 7) is 2.24. The molecule has 0 fully saturated rings. The van der Waals surface area contributed by atoms with Crippen LogP contribution in [-0.2, 0) is 14.8 Å². The molecular weight excluding hydrogens is 328 g/mol. The zero-order chi connectivity index (χ0) is 16.8. The van der Waals surface area contributed by atoms with Crippen molar-refractivity contribution in [2.24, 2.45) is 5.73 Å². The lowest BCUT2D eigenvalue weighted by Gasteiger charge is -2.17. The molecule has 0 radical (unpaired) electrons. The van der Waals surface area contributed by atoms with Crippen molar-refractivity contribution in [2.45, 2.75) is 37.1 Å². The van der Waals surface area contributed by atoms with Gasteiger partial charge in [-0.25, -0.2) is 17.9 Å². The molecule has 0 saturated heterocycles. The second-order valence-corrected chi connectivity index (χ2v) is 6.95. The standard InChI is InChI=1S/C14H21ClN2O4S/c1-3-4-5-10(9-16)17-22(19,20)11-6-7-12(13(15)8-11)14(18)21-2/h6-8,10,17H,3-5,9,16H2,1-2H3. The molecule has 1 unspecified atom stereocenters. The lowest BCUT2D eigenvalue weighted by molar-refractivity contribution is 0.0601. The molecule has 6 nitrogen and oxygen atoms in total. The largest absolute Gasteiger partial charge is 0.465 e. The van der Waals surface area contributed by atoms with E-state index in [2.05, 4.69) is 9.46 Å². The first-order valence-electron chi connectivity index (χ1n) is 6.96. The number of unbranched alkanes of at least 4 members (excludes halogenated alkanes) is 1. The van der Waals surface area contributed by atoms with Crippen LogP contribution in [0.15, 0.2) is 23.1 Å². The van der Waals surface area contributed by atoms with Gasteiger partial charge in [-0.2, -0.15) is 0 Å². The third-order valence-electron chi connectivity index (χ3n) is 3.17. The third kappa shape index (κ3) is 4.95. The Morgan fingerprint density at radius 3 is 2.64 bits per heavy atom. The zero-order valence-electron chi connectivity index (χ0n) is 12.6. The summed E-state index contributed by atoms with van der Waals surface area (Å²) >= 11 is 5.95. The van der Waals surface area contributed by atoms with Gasteiger partial charge in [-0.15, -0.1) is 0 Å². The van der Waals surface area contributed by atoms with Crippen molar-refractivity contribution < 1.29 is 17.9 Å². The van der Waals surface area contributed by atoms with E-state index in [4.69, 9.17) is 17.3 Å². The Bertz CT molecular complexity index is 619. The van der Waals surface area contributed by atoms with Crippen LogP contribution in [0.25, 0.3) is 0 Å². The molecule has 0 amide bonds. The first-order valence-corrected chi connectivity index (χ1v) is 8.82. The Hall–Kier alpha value is -1.15. The van der Waals surface area contributed by atoms with Gasteiger partial charge in [-0.05, 0) is 24.6 Å². The Morgan fingerprint density at radius 1 is 1.45 bits per heavy atom. The van der Waals surface area contributed by atoms with Gasteiger partial charge >= 0.3 is 5.97 Å². The predicted octanol–water partition coefficient (Wildman–Crippen LogP) is 1.92. The van der Waals surface area contributed by atoms with Crippen LogP contribution in [0.5, 0.6) is 0 Å². The van der Waals surface area contributed by atoms with Crippen molar-refractivity contribution in [3.63, 3.8) is 0 Å². The van der Waals surface area contributed by atoms with Crippen LogP contribution in [-0.4, -0.2) is 34.1 Å². The van der Waals surface area contributed by atoms with E-state index in [0.717, 1.165) is 12.8 Å². The number of sulfonamides is 1. The van der Waals surface area contributed by atoms with E-state index in [1.54, 1.807) is 0 Å². The van der Waals surface area contributed by atoms with Gasteiger partial charge in [0.05, 0.1) is 22.6 Å². The first kappa shape index (κ1) is 18.9. The molecule has 0 aliphatic rings. The van der Waals surface area contributed by atoms with Crippen LogP contribution in [0.2, 0.25) is 5.02 Å². The number of nitrogens with two attached hydrogens (primary N) is 1. The maximum atomic E-state index is 12.3. The van der Waals surface area contributed by atoms with Crippen molar-refractivity contribution in [1.29, 1.82) is 0 Å². The minimum Gasteiger partial charge on any atom is -0.465 e. The molecule has 0 saturated carbocycles. The fraction of sp³-hybridized carbons (Fsp3) is 0.500. The molecule has 0 heterocycles. The summed E-state index contributed by atoms with van der Waals surface area (Å²) in [6, 6.07) is 3.54. The molecule has 8 heteroatoms. The minimum absolute atomic E-state index is 0.0138. The van der Waals surface area contributed by atoms with E-state index >= 15 is 0 Å². The molecule has 1 atom stereocenters. The quantitative estimate of drug-likeness (QED) is 0.699. The number of hydrogen-bond acceptors (Lipinski definition) is 5. The van der Waals surface area contributed by atoms with Gasteiger partial charge in [0.2, 0.25) is 10.0 Å². The zero-order valence-corrected chi connectivity index (χ0v) is 14.2. The van der Waals surface area contributed by atoms with E-state index < -0.39 is 16.0 Å². The molecule has 1 aromatic carbocycles. The Balaban J connectivity index is 2.98. The molecule has 124 valence electrons. The molecule has 0 aliphatic heterocycles. The number of methoxy groups -OCH3 is 1. The van der Waals surface area contributed by atoms with Gasteiger partial charge < -0.3 is 10.5 Å². The Kier molecular flexibility index (Phi) is 7.28. The predicted molar refractivity (Wildman–Crippen MR) is 85.5 cm³/mol. The fourth-order valence-electron chi connectivity index (χ4n) is 1.90.